The highest BCUT2D eigenvalue weighted by molar-refractivity contribution is 6.12. The number of aliphatic hydroxyl groups excluding tert-OH is 2. The lowest BCUT2D eigenvalue weighted by molar-refractivity contribution is -0.143. The number of hydrogen-bond donors (Lipinski definition) is 3. The van der Waals surface area contributed by atoms with Gasteiger partial charge in [-0.05, 0) is 79.6 Å². The fourth-order valence-electron chi connectivity index (χ4n) is 5.40. The van der Waals surface area contributed by atoms with Crippen LogP contribution in [0.3, 0.4) is 0 Å². The lowest BCUT2D eigenvalue weighted by Gasteiger charge is -2.18. The number of carbonyl (C=O) groups is 3. The van der Waals surface area contributed by atoms with E-state index in [-0.39, 0.29) is 30.5 Å². The van der Waals surface area contributed by atoms with Crippen LogP contribution in [0.25, 0.3) is 28.3 Å². The number of carbonyl (C=O) groups excluding carboxylic acids is 3. The summed E-state index contributed by atoms with van der Waals surface area (Å²) < 4.78 is 34.6. The maximum atomic E-state index is 14.3. The summed E-state index contributed by atoms with van der Waals surface area (Å²) in [5.41, 5.74) is 3.58. The van der Waals surface area contributed by atoms with E-state index < -0.39 is 35.7 Å². The highest BCUT2D eigenvalue weighted by Gasteiger charge is 2.30. The summed E-state index contributed by atoms with van der Waals surface area (Å²) in [6.45, 7) is 3.74. The van der Waals surface area contributed by atoms with Gasteiger partial charge in [-0.15, -0.1) is 0 Å². The molecular weight excluding hydrogens is 620 g/mol. The van der Waals surface area contributed by atoms with E-state index in [9.17, 15) is 33.4 Å². The van der Waals surface area contributed by atoms with Gasteiger partial charge in [-0.3, -0.25) is 14.4 Å². The molecule has 0 unspecified atom stereocenters. The Hall–Kier alpha value is -5.13. The van der Waals surface area contributed by atoms with Gasteiger partial charge in [-0.1, -0.05) is 30.3 Å². The van der Waals surface area contributed by atoms with Crippen molar-refractivity contribution in [3.05, 3.63) is 107 Å². The first-order valence-electron chi connectivity index (χ1n) is 15.3. The standard InChI is InChI=1S/C37H39F2N3O6/c1-22(2)42-31(19-18-29(43)20-30(44)21-32(45)48-5)33(23-6-12-26(38)13-7-23)34(24-8-14-27(39)15-9-24)35(42)36(46)40-28-16-10-25(11-17-28)37(47)41(3)4/h6-19,22,29-30,43-44H,20-21H2,1-5H3,(H,40,46)/t29-,30-/m1/s1. The number of anilines is 1. The predicted octanol–water partition coefficient (Wildman–Crippen LogP) is 6.32. The summed E-state index contributed by atoms with van der Waals surface area (Å²) in [7, 11) is 4.49. The molecule has 2 amide bonds. The lowest BCUT2D eigenvalue weighted by Crippen LogP contribution is -2.22. The highest BCUT2D eigenvalue weighted by atomic mass is 19.1. The molecule has 0 saturated carbocycles. The first kappa shape index (κ1) is 35.7. The number of ether oxygens (including phenoxy) is 1. The zero-order valence-corrected chi connectivity index (χ0v) is 27.4. The van der Waals surface area contributed by atoms with Gasteiger partial charge in [0.1, 0.15) is 17.3 Å². The van der Waals surface area contributed by atoms with Crippen LogP contribution >= 0.6 is 0 Å². The number of halogens is 2. The van der Waals surface area contributed by atoms with Crippen molar-refractivity contribution in [2.75, 3.05) is 26.5 Å². The minimum Gasteiger partial charge on any atom is -0.469 e. The van der Waals surface area contributed by atoms with Gasteiger partial charge in [0.25, 0.3) is 11.8 Å². The molecule has 0 spiro atoms. The molecule has 0 aliphatic rings. The van der Waals surface area contributed by atoms with E-state index in [0.717, 1.165) is 0 Å². The van der Waals surface area contributed by atoms with E-state index in [1.165, 1.54) is 42.4 Å². The molecule has 1 aromatic heterocycles. The molecule has 0 radical (unpaired) electrons. The fourth-order valence-corrected chi connectivity index (χ4v) is 5.40. The van der Waals surface area contributed by atoms with Crippen molar-refractivity contribution >= 4 is 29.5 Å². The topological polar surface area (TPSA) is 121 Å². The van der Waals surface area contributed by atoms with Crippen LogP contribution in [0.4, 0.5) is 14.5 Å². The number of hydrogen-bond acceptors (Lipinski definition) is 6. The molecule has 252 valence electrons. The van der Waals surface area contributed by atoms with Crippen LogP contribution in [0.5, 0.6) is 0 Å². The molecule has 0 aliphatic heterocycles. The molecule has 48 heavy (non-hydrogen) atoms. The van der Waals surface area contributed by atoms with Gasteiger partial charge in [0.15, 0.2) is 0 Å². The number of aromatic nitrogens is 1. The van der Waals surface area contributed by atoms with Gasteiger partial charge in [0.05, 0.1) is 25.7 Å². The Labute approximate surface area is 278 Å². The molecule has 0 saturated heterocycles. The van der Waals surface area contributed by atoms with Crippen molar-refractivity contribution in [3.63, 3.8) is 0 Å². The number of nitrogens with one attached hydrogen (secondary N) is 1. The van der Waals surface area contributed by atoms with E-state index in [0.29, 0.717) is 39.2 Å². The van der Waals surface area contributed by atoms with Crippen LogP contribution in [0, 0.1) is 11.6 Å². The number of rotatable bonds is 12. The number of nitrogens with zero attached hydrogens (tertiary/aromatic N) is 2. The maximum absolute atomic E-state index is 14.3. The van der Waals surface area contributed by atoms with Crippen LogP contribution in [0.2, 0.25) is 0 Å². The van der Waals surface area contributed by atoms with Gasteiger partial charge >= 0.3 is 5.97 Å². The van der Waals surface area contributed by atoms with Gasteiger partial charge < -0.3 is 29.7 Å². The Bertz CT molecular complexity index is 1780. The van der Waals surface area contributed by atoms with Crippen LogP contribution in [-0.4, -0.2) is 70.9 Å². The SMILES string of the molecule is COC(=O)C[C@H](O)C[C@H](O)C=Cc1c(-c2ccc(F)cc2)c(-c2ccc(F)cc2)c(C(=O)Nc2ccc(C(=O)N(C)C)cc2)n1C(C)C. The Morgan fingerprint density at radius 3 is 1.92 bits per heavy atom. The third-order valence-corrected chi connectivity index (χ3v) is 7.66. The largest absolute Gasteiger partial charge is 0.469 e. The minimum absolute atomic E-state index is 0.162. The fraction of sp³-hybridized carbons (Fsp3) is 0.270. The number of benzene rings is 3. The molecule has 4 aromatic rings. The van der Waals surface area contributed by atoms with Crippen molar-refractivity contribution in [3.8, 4) is 22.3 Å². The average molecular weight is 660 g/mol. The van der Waals surface area contributed by atoms with E-state index in [1.54, 1.807) is 73.3 Å². The van der Waals surface area contributed by atoms with Crippen LogP contribution in [0.1, 0.15) is 59.3 Å². The maximum Gasteiger partial charge on any atom is 0.308 e. The van der Waals surface area contributed by atoms with E-state index >= 15 is 0 Å². The Balaban J connectivity index is 1.91. The molecule has 0 aliphatic carbocycles. The monoisotopic (exact) mass is 659 g/mol. The van der Waals surface area contributed by atoms with Crippen molar-refractivity contribution in [1.82, 2.24) is 9.47 Å². The molecule has 9 nitrogen and oxygen atoms in total. The predicted molar refractivity (Wildman–Crippen MR) is 180 cm³/mol. The summed E-state index contributed by atoms with van der Waals surface area (Å²) in [5.74, 6) is -2.26. The summed E-state index contributed by atoms with van der Waals surface area (Å²) in [5, 5.41) is 24.0. The van der Waals surface area contributed by atoms with Crippen molar-refractivity contribution in [2.24, 2.45) is 0 Å². The highest BCUT2D eigenvalue weighted by Crippen LogP contribution is 2.43. The molecule has 4 rings (SSSR count). The summed E-state index contributed by atoms with van der Waals surface area (Å²) in [6.07, 6.45) is 0.244. The van der Waals surface area contributed by atoms with Crippen molar-refractivity contribution in [2.45, 2.75) is 44.9 Å². The van der Waals surface area contributed by atoms with E-state index in [2.05, 4.69) is 10.1 Å². The van der Waals surface area contributed by atoms with Gasteiger partial charge in [-0.2, -0.15) is 0 Å². The average Bonchev–Trinajstić information content (AvgIpc) is 3.39. The number of aliphatic hydroxyl groups is 2. The lowest BCUT2D eigenvalue weighted by atomic mass is 9.94. The Morgan fingerprint density at radius 1 is 0.875 bits per heavy atom. The van der Waals surface area contributed by atoms with Gasteiger partial charge in [-0.25, -0.2) is 8.78 Å². The summed E-state index contributed by atoms with van der Waals surface area (Å²) >= 11 is 0. The molecule has 1 heterocycles. The molecular formula is C37H39F2N3O6. The van der Waals surface area contributed by atoms with Gasteiger partial charge in [0, 0.05) is 54.6 Å². The van der Waals surface area contributed by atoms with Crippen LogP contribution < -0.4 is 5.32 Å². The third kappa shape index (κ3) is 8.41. The zero-order chi connectivity index (χ0) is 35.1. The second-order valence-electron chi connectivity index (χ2n) is 11.8. The normalized spacial score (nSPS) is 12.6. The van der Waals surface area contributed by atoms with E-state index in [4.69, 9.17) is 0 Å². The number of esters is 1. The number of methoxy groups -OCH3 is 1. The first-order valence-corrected chi connectivity index (χ1v) is 15.3. The quantitative estimate of drug-likeness (QED) is 0.153. The Kier molecular flexibility index (Phi) is 11.6. The van der Waals surface area contributed by atoms with Crippen LogP contribution in [0.15, 0.2) is 78.9 Å². The second-order valence-corrected chi connectivity index (χ2v) is 11.8. The molecule has 0 bridgehead atoms. The molecule has 0 fully saturated rings. The van der Waals surface area contributed by atoms with E-state index in [1.807, 2.05) is 13.8 Å². The zero-order valence-electron chi connectivity index (χ0n) is 27.4. The molecule has 3 N–H and O–H groups in total. The molecule has 2 atom stereocenters. The number of amides is 2. The Morgan fingerprint density at radius 2 is 1.42 bits per heavy atom. The third-order valence-electron chi connectivity index (χ3n) is 7.66. The molecule has 3 aromatic carbocycles. The smallest absolute Gasteiger partial charge is 0.308 e. The second kappa shape index (κ2) is 15.6. The minimum atomic E-state index is -1.18. The molecule has 11 heteroatoms. The van der Waals surface area contributed by atoms with Crippen molar-refractivity contribution in [1.29, 1.82) is 0 Å². The summed E-state index contributed by atoms with van der Waals surface area (Å²) in [6, 6.07) is 17.5. The van der Waals surface area contributed by atoms with Gasteiger partial charge in [0.2, 0.25) is 0 Å². The van der Waals surface area contributed by atoms with Crippen LogP contribution in [-0.2, 0) is 9.53 Å². The van der Waals surface area contributed by atoms with Crippen molar-refractivity contribution < 1.29 is 38.1 Å². The first-order chi connectivity index (χ1) is 22.8. The summed E-state index contributed by atoms with van der Waals surface area (Å²) in [4.78, 5) is 39.7.